The van der Waals surface area contributed by atoms with Gasteiger partial charge in [-0.15, -0.1) is 23.5 Å². The third kappa shape index (κ3) is 3.53. The van der Waals surface area contributed by atoms with Gasteiger partial charge in [-0.25, -0.2) is 0 Å². The van der Waals surface area contributed by atoms with E-state index in [1.807, 2.05) is 41.7 Å². The molecule has 1 saturated heterocycles. The quantitative estimate of drug-likeness (QED) is 0.724. The molecule has 0 atom stereocenters. The average molecular weight is 302 g/mol. The van der Waals surface area contributed by atoms with Crippen molar-refractivity contribution in [2.75, 3.05) is 11.5 Å². The Labute approximate surface area is 129 Å². The Bertz CT molecular complexity index is 559. The molecule has 3 heteroatoms. The first-order chi connectivity index (χ1) is 9.81. The van der Waals surface area contributed by atoms with Crippen LogP contribution in [0, 0.1) is 6.92 Å². The number of hydrogen-bond donors (Lipinski definition) is 0. The molecule has 1 heterocycles. The fourth-order valence-corrected chi connectivity index (χ4v) is 5.02. The molecule has 0 aromatic heterocycles. The van der Waals surface area contributed by atoms with Crippen LogP contribution in [0.15, 0.2) is 48.5 Å². The first-order valence-corrected chi connectivity index (χ1v) is 8.99. The summed E-state index contributed by atoms with van der Waals surface area (Å²) in [6, 6.07) is 16.7. The van der Waals surface area contributed by atoms with Crippen molar-refractivity contribution in [1.29, 1.82) is 0 Å². The summed E-state index contributed by atoms with van der Waals surface area (Å²) in [6.07, 6.45) is 1.32. The SMILES string of the molecule is Cc1ccc(Oc2cccc(C3SCCCS3)c2)cc1. The molecule has 0 saturated carbocycles. The third-order valence-electron chi connectivity index (χ3n) is 3.21. The standard InChI is InChI=1S/C17H18OS2/c1-13-6-8-15(9-7-13)18-16-5-2-4-14(12-16)17-19-10-3-11-20-17/h2,4-9,12,17H,3,10-11H2,1H3. The molecule has 2 aromatic carbocycles. The highest BCUT2D eigenvalue weighted by molar-refractivity contribution is 8.16. The van der Waals surface area contributed by atoms with Crippen LogP contribution in [0.3, 0.4) is 0 Å². The van der Waals surface area contributed by atoms with Crippen molar-refractivity contribution in [3.63, 3.8) is 0 Å². The van der Waals surface area contributed by atoms with Gasteiger partial charge in [-0.2, -0.15) is 0 Å². The van der Waals surface area contributed by atoms with E-state index in [-0.39, 0.29) is 0 Å². The molecule has 1 fully saturated rings. The van der Waals surface area contributed by atoms with Crippen molar-refractivity contribution in [3.05, 3.63) is 59.7 Å². The van der Waals surface area contributed by atoms with Crippen LogP contribution in [0.1, 0.15) is 22.1 Å². The van der Waals surface area contributed by atoms with Gasteiger partial charge in [0.1, 0.15) is 11.5 Å². The molecule has 0 amide bonds. The number of hydrogen-bond acceptors (Lipinski definition) is 3. The molecule has 20 heavy (non-hydrogen) atoms. The van der Waals surface area contributed by atoms with Crippen LogP contribution in [0.2, 0.25) is 0 Å². The monoisotopic (exact) mass is 302 g/mol. The lowest BCUT2D eigenvalue weighted by Gasteiger charge is -2.21. The van der Waals surface area contributed by atoms with E-state index in [0.717, 1.165) is 11.5 Å². The molecular weight excluding hydrogens is 284 g/mol. The van der Waals surface area contributed by atoms with Crippen LogP contribution >= 0.6 is 23.5 Å². The van der Waals surface area contributed by atoms with E-state index in [1.165, 1.54) is 29.1 Å². The van der Waals surface area contributed by atoms with Crippen molar-refractivity contribution < 1.29 is 4.74 Å². The third-order valence-corrected chi connectivity index (χ3v) is 6.23. The van der Waals surface area contributed by atoms with Crippen molar-refractivity contribution in [1.82, 2.24) is 0 Å². The Morgan fingerprint density at radius 3 is 2.45 bits per heavy atom. The second-order valence-electron chi connectivity index (χ2n) is 4.91. The Balaban J connectivity index is 1.75. The Morgan fingerprint density at radius 2 is 1.70 bits per heavy atom. The summed E-state index contributed by atoms with van der Waals surface area (Å²) in [7, 11) is 0. The Hall–Kier alpha value is -1.06. The summed E-state index contributed by atoms with van der Waals surface area (Å²) in [5.74, 6) is 4.36. The second-order valence-corrected chi connectivity index (χ2v) is 7.64. The fourth-order valence-electron chi connectivity index (χ4n) is 2.15. The van der Waals surface area contributed by atoms with Crippen molar-refractivity contribution in [2.45, 2.75) is 17.9 Å². The predicted octanol–water partition coefficient (Wildman–Crippen LogP) is 5.66. The van der Waals surface area contributed by atoms with Crippen LogP contribution < -0.4 is 4.74 Å². The average Bonchev–Trinajstić information content (AvgIpc) is 2.51. The van der Waals surface area contributed by atoms with Gasteiger partial charge in [0.05, 0.1) is 4.58 Å². The summed E-state index contributed by atoms with van der Waals surface area (Å²) in [6.45, 7) is 2.09. The molecule has 0 bridgehead atoms. The molecule has 1 nitrogen and oxygen atoms in total. The highest BCUT2D eigenvalue weighted by Crippen LogP contribution is 2.44. The zero-order valence-electron chi connectivity index (χ0n) is 11.5. The lowest BCUT2D eigenvalue weighted by Crippen LogP contribution is -2.00. The number of ether oxygens (including phenoxy) is 1. The van der Waals surface area contributed by atoms with Gasteiger partial charge in [-0.05, 0) is 54.7 Å². The highest BCUT2D eigenvalue weighted by Gasteiger charge is 2.16. The predicted molar refractivity (Wildman–Crippen MR) is 90.0 cm³/mol. The highest BCUT2D eigenvalue weighted by atomic mass is 32.2. The largest absolute Gasteiger partial charge is 0.457 e. The first-order valence-electron chi connectivity index (χ1n) is 6.89. The van der Waals surface area contributed by atoms with Gasteiger partial charge in [0.2, 0.25) is 0 Å². The van der Waals surface area contributed by atoms with Gasteiger partial charge in [-0.1, -0.05) is 29.8 Å². The molecule has 0 spiro atoms. The maximum absolute atomic E-state index is 5.95. The van der Waals surface area contributed by atoms with Gasteiger partial charge in [0.25, 0.3) is 0 Å². The molecule has 1 aliphatic heterocycles. The van der Waals surface area contributed by atoms with E-state index in [1.54, 1.807) is 0 Å². The van der Waals surface area contributed by atoms with Crippen molar-refractivity contribution in [2.24, 2.45) is 0 Å². The number of rotatable bonds is 3. The smallest absolute Gasteiger partial charge is 0.127 e. The van der Waals surface area contributed by atoms with Gasteiger partial charge in [0, 0.05) is 0 Å². The minimum Gasteiger partial charge on any atom is -0.457 e. The molecule has 0 unspecified atom stereocenters. The molecule has 104 valence electrons. The van der Waals surface area contributed by atoms with Gasteiger partial charge in [0.15, 0.2) is 0 Å². The Kier molecular flexibility index (Phi) is 4.58. The first kappa shape index (κ1) is 13.9. The number of benzene rings is 2. The summed E-state index contributed by atoms with van der Waals surface area (Å²) in [5, 5.41) is 0. The van der Waals surface area contributed by atoms with E-state index >= 15 is 0 Å². The zero-order valence-corrected chi connectivity index (χ0v) is 13.2. The van der Waals surface area contributed by atoms with Gasteiger partial charge >= 0.3 is 0 Å². The van der Waals surface area contributed by atoms with Gasteiger partial charge < -0.3 is 4.74 Å². The summed E-state index contributed by atoms with van der Waals surface area (Å²) >= 11 is 4.08. The number of aryl methyl sites for hydroxylation is 1. The fraction of sp³-hybridized carbons (Fsp3) is 0.294. The molecule has 0 aliphatic carbocycles. The van der Waals surface area contributed by atoms with E-state index in [0.29, 0.717) is 4.58 Å². The van der Waals surface area contributed by atoms with Crippen molar-refractivity contribution in [3.8, 4) is 11.5 Å². The Morgan fingerprint density at radius 1 is 0.950 bits per heavy atom. The zero-order chi connectivity index (χ0) is 13.8. The van der Waals surface area contributed by atoms with E-state index in [4.69, 9.17) is 4.74 Å². The van der Waals surface area contributed by atoms with Crippen LogP contribution in [0.25, 0.3) is 0 Å². The number of thioether (sulfide) groups is 2. The van der Waals surface area contributed by atoms with Crippen molar-refractivity contribution >= 4 is 23.5 Å². The molecule has 0 radical (unpaired) electrons. The van der Waals surface area contributed by atoms with Crippen LogP contribution in [-0.2, 0) is 0 Å². The molecule has 1 aliphatic rings. The van der Waals surface area contributed by atoms with E-state index in [2.05, 4.69) is 37.3 Å². The molecule has 2 aromatic rings. The molecule has 0 N–H and O–H groups in total. The normalized spacial score (nSPS) is 16.1. The second kappa shape index (κ2) is 6.59. The van der Waals surface area contributed by atoms with E-state index in [9.17, 15) is 0 Å². The molecule has 3 rings (SSSR count). The molecular formula is C17H18OS2. The van der Waals surface area contributed by atoms with Crippen LogP contribution in [0.4, 0.5) is 0 Å². The van der Waals surface area contributed by atoms with Gasteiger partial charge in [-0.3, -0.25) is 0 Å². The topological polar surface area (TPSA) is 9.23 Å². The van der Waals surface area contributed by atoms with Crippen LogP contribution in [0.5, 0.6) is 11.5 Å². The summed E-state index contributed by atoms with van der Waals surface area (Å²) in [5.41, 5.74) is 2.62. The van der Waals surface area contributed by atoms with E-state index < -0.39 is 0 Å². The lowest BCUT2D eigenvalue weighted by atomic mass is 10.2. The maximum atomic E-state index is 5.95. The minimum absolute atomic E-state index is 0.560. The van der Waals surface area contributed by atoms with Crippen LogP contribution in [-0.4, -0.2) is 11.5 Å². The minimum atomic E-state index is 0.560. The summed E-state index contributed by atoms with van der Waals surface area (Å²) in [4.78, 5) is 0. The maximum Gasteiger partial charge on any atom is 0.127 e. The summed E-state index contributed by atoms with van der Waals surface area (Å²) < 4.78 is 6.51. The lowest BCUT2D eigenvalue weighted by molar-refractivity contribution is 0.482.